The van der Waals surface area contributed by atoms with Crippen molar-refractivity contribution in [2.24, 2.45) is 0 Å². The van der Waals surface area contributed by atoms with Crippen molar-refractivity contribution in [2.75, 3.05) is 57.1 Å². The van der Waals surface area contributed by atoms with E-state index in [0.717, 1.165) is 17.4 Å². The van der Waals surface area contributed by atoms with E-state index in [1.165, 1.54) is 12.1 Å². The fraction of sp³-hybridized carbons (Fsp3) is 0.457. The van der Waals surface area contributed by atoms with E-state index in [-0.39, 0.29) is 45.3 Å². The second-order valence-electron chi connectivity index (χ2n) is 13.1. The molecule has 3 aromatic carbocycles. The van der Waals surface area contributed by atoms with Gasteiger partial charge in [-0.25, -0.2) is 16.8 Å². The predicted octanol–water partition coefficient (Wildman–Crippen LogP) is 5.20. The summed E-state index contributed by atoms with van der Waals surface area (Å²) >= 11 is 19.2. The Balaban J connectivity index is 1.71. The first-order valence-corrected chi connectivity index (χ1v) is 21.2. The highest BCUT2D eigenvalue weighted by atomic mass is 35.5. The molecule has 3 atom stereocenters. The number of sulfone groups is 2. The maximum atomic E-state index is 15.3. The quantitative estimate of drug-likeness (QED) is 0.270. The Morgan fingerprint density at radius 2 is 1.32 bits per heavy atom. The molecule has 3 aromatic rings. The zero-order valence-corrected chi connectivity index (χ0v) is 32.6. The lowest BCUT2D eigenvalue weighted by molar-refractivity contribution is -0.141. The van der Waals surface area contributed by atoms with Crippen molar-refractivity contribution < 1.29 is 26.4 Å². The summed E-state index contributed by atoms with van der Waals surface area (Å²) in [6.07, 6.45) is 1.07. The van der Waals surface area contributed by atoms with Gasteiger partial charge in [0.25, 0.3) is 5.91 Å². The van der Waals surface area contributed by atoms with Gasteiger partial charge >= 0.3 is 0 Å². The number of ether oxygens (including phenoxy) is 1. The minimum atomic E-state index is -3.85. The van der Waals surface area contributed by atoms with Crippen molar-refractivity contribution in [3.8, 4) is 5.75 Å². The second-order valence-corrected chi connectivity index (χ2v) is 18.9. The van der Waals surface area contributed by atoms with Crippen molar-refractivity contribution in [1.82, 2.24) is 20.4 Å². The predicted molar refractivity (Wildman–Crippen MR) is 199 cm³/mol. The molecule has 2 heterocycles. The summed E-state index contributed by atoms with van der Waals surface area (Å²) in [5, 5.41) is 8.46. The standard InChI is InChI=1S/C35H43Cl3N4O6S2/c1-6-48-30-23-29(38)31(49(5,44)45)22-28(30)35(32(43)42-18-16-41(17-19-42)20-21-50(46,47)7-2)39-33(3,24-8-12-26(36)13-9-24)34(4,40-35)25-10-14-27(37)15-11-25/h8-15,22-23,39-40H,6-7,16-21H2,1-5H3/t33-,34+,35?. The molecule has 1 amide bonds. The largest absolute Gasteiger partial charge is 0.493 e. The van der Waals surface area contributed by atoms with Gasteiger partial charge in [-0.05, 0) is 62.2 Å². The van der Waals surface area contributed by atoms with E-state index in [9.17, 15) is 16.8 Å². The van der Waals surface area contributed by atoms with Crippen molar-refractivity contribution in [1.29, 1.82) is 0 Å². The summed E-state index contributed by atoms with van der Waals surface area (Å²) in [5.74, 6) is -0.0115. The number of amides is 1. The lowest BCUT2D eigenvalue weighted by Gasteiger charge is -2.41. The van der Waals surface area contributed by atoms with E-state index in [4.69, 9.17) is 39.5 Å². The van der Waals surface area contributed by atoms with E-state index < -0.39 is 36.4 Å². The maximum Gasteiger partial charge on any atom is 0.262 e. The van der Waals surface area contributed by atoms with E-state index >= 15 is 4.79 Å². The van der Waals surface area contributed by atoms with E-state index in [0.29, 0.717) is 42.8 Å². The van der Waals surface area contributed by atoms with Crippen LogP contribution in [-0.2, 0) is 41.2 Å². The van der Waals surface area contributed by atoms with Gasteiger partial charge in [-0.3, -0.25) is 20.3 Å². The molecular formula is C35H43Cl3N4O6S2. The molecule has 10 nitrogen and oxygen atoms in total. The number of halogens is 3. The first-order valence-electron chi connectivity index (χ1n) is 16.4. The smallest absolute Gasteiger partial charge is 0.262 e. The Morgan fingerprint density at radius 1 is 0.820 bits per heavy atom. The van der Waals surface area contributed by atoms with Crippen LogP contribution in [0.1, 0.15) is 44.4 Å². The third-order valence-corrected chi connectivity index (χ3v) is 13.7. The van der Waals surface area contributed by atoms with Crippen LogP contribution in [0.2, 0.25) is 15.1 Å². The monoisotopic (exact) mass is 784 g/mol. The lowest BCUT2D eigenvalue weighted by atomic mass is 9.72. The van der Waals surface area contributed by atoms with Crippen molar-refractivity contribution in [2.45, 2.75) is 49.3 Å². The minimum Gasteiger partial charge on any atom is -0.493 e. The molecule has 2 fully saturated rings. The molecule has 0 saturated carbocycles. The summed E-state index contributed by atoms with van der Waals surface area (Å²) in [4.78, 5) is 18.9. The Morgan fingerprint density at radius 3 is 1.76 bits per heavy atom. The average molecular weight is 786 g/mol. The molecule has 1 unspecified atom stereocenters. The van der Waals surface area contributed by atoms with Crippen LogP contribution in [-0.4, -0.2) is 89.6 Å². The number of rotatable bonds is 11. The average Bonchev–Trinajstić information content (AvgIpc) is 3.32. The van der Waals surface area contributed by atoms with Gasteiger partial charge in [0.05, 0.1) is 33.4 Å². The Bertz CT molecular complexity index is 1900. The molecule has 272 valence electrons. The van der Waals surface area contributed by atoms with Crippen LogP contribution in [0.5, 0.6) is 5.75 Å². The molecule has 0 spiro atoms. The normalized spacial score (nSPS) is 24.8. The third-order valence-electron chi connectivity index (χ3n) is 9.99. The molecule has 2 aliphatic heterocycles. The fourth-order valence-electron chi connectivity index (χ4n) is 6.89. The number of nitrogens with zero attached hydrogens (tertiary/aromatic N) is 2. The summed E-state index contributed by atoms with van der Waals surface area (Å²) < 4.78 is 56.7. The highest BCUT2D eigenvalue weighted by Gasteiger charge is 2.65. The van der Waals surface area contributed by atoms with Gasteiger partial charge in [0.1, 0.15) is 5.75 Å². The molecule has 0 radical (unpaired) electrons. The topological polar surface area (TPSA) is 125 Å². The first kappa shape index (κ1) is 38.8. The van der Waals surface area contributed by atoms with Crippen molar-refractivity contribution in [3.05, 3.63) is 92.4 Å². The first-order chi connectivity index (χ1) is 23.4. The van der Waals surface area contributed by atoms with Crippen LogP contribution in [0.15, 0.2) is 65.6 Å². The molecule has 0 aromatic heterocycles. The number of nitrogens with one attached hydrogen (secondary N) is 2. The summed E-state index contributed by atoms with van der Waals surface area (Å²) in [6, 6.07) is 17.5. The van der Waals surface area contributed by atoms with Gasteiger partial charge in [-0.15, -0.1) is 0 Å². The molecule has 0 aliphatic carbocycles. The van der Waals surface area contributed by atoms with Gasteiger partial charge in [0.2, 0.25) is 0 Å². The van der Waals surface area contributed by atoms with Crippen LogP contribution in [0.4, 0.5) is 0 Å². The zero-order valence-electron chi connectivity index (χ0n) is 28.7. The molecule has 15 heteroatoms. The van der Waals surface area contributed by atoms with Crippen molar-refractivity contribution in [3.63, 3.8) is 0 Å². The van der Waals surface area contributed by atoms with Gasteiger partial charge in [0.15, 0.2) is 25.3 Å². The molecule has 5 rings (SSSR count). The molecule has 2 saturated heterocycles. The number of benzene rings is 3. The molecular weight excluding hydrogens is 743 g/mol. The third kappa shape index (κ3) is 7.41. The van der Waals surface area contributed by atoms with E-state index in [1.807, 2.05) is 43.0 Å². The zero-order chi connectivity index (χ0) is 36.7. The molecule has 50 heavy (non-hydrogen) atoms. The number of hydrogen-bond acceptors (Lipinski definition) is 9. The van der Waals surface area contributed by atoms with Gasteiger partial charge in [-0.2, -0.15) is 0 Å². The Hall–Kier alpha value is -2.42. The number of hydrogen-bond donors (Lipinski definition) is 2. The van der Waals surface area contributed by atoms with Gasteiger partial charge < -0.3 is 9.64 Å². The van der Waals surface area contributed by atoms with Gasteiger partial charge in [0, 0.05) is 66.4 Å². The Labute approximate surface area is 310 Å². The SMILES string of the molecule is CCOc1cc(Cl)c(S(C)(=O)=O)cc1C1(C(=O)N2CCN(CCS(=O)(=O)CC)CC2)N[C@@](C)(c2ccc(Cl)cc2)[C@@](C)(c2ccc(Cl)cc2)N1. The molecule has 2 N–H and O–H groups in total. The Kier molecular flexibility index (Phi) is 11.3. The van der Waals surface area contributed by atoms with Crippen LogP contribution < -0.4 is 15.4 Å². The summed E-state index contributed by atoms with van der Waals surface area (Å²) in [5.41, 5.74) is -1.97. The highest BCUT2D eigenvalue weighted by molar-refractivity contribution is 7.91. The maximum absolute atomic E-state index is 15.3. The second kappa shape index (κ2) is 14.5. The number of piperazine rings is 1. The van der Waals surface area contributed by atoms with Crippen LogP contribution in [0.25, 0.3) is 0 Å². The number of carbonyl (C=O) groups is 1. The fourth-order valence-corrected chi connectivity index (χ4v) is 9.28. The summed E-state index contributed by atoms with van der Waals surface area (Å²) in [7, 11) is -7.00. The van der Waals surface area contributed by atoms with Crippen LogP contribution in [0.3, 0.4) is 0 Å². The molecule has 2 aliphatic rings. The molecule has 0 bridgehead atoms. The van der Waals surface area contributed by atoms with E-state index in [2.05, 4.69) is 10.6 Å². The van der Waals surface area contributed by atoms with Crippen LogP contribution >= 0.6 is 34.8 Å². The van der Waals surface area contributed by atoms with Gasteiger partial charge in [-0.1, -0.05) is 66.0 Å². The van der Waals surface area contributed by atoms with Crippen LogP contribution in [0, 0.1) is 0 Å². The summed E-state index contributed by atoms with van der Waals surface area (Å²) in [6.45, 7) is 9.49. The lowest BCUT2D eigenvalue weighted by Crippen LogP contribution is -2.63. The number of carbonyl (C=O) groups excluding carboxylic acids is 1. The highest BCUT2D eigenvalue weighted by Crippen LogP contribution is 2.52. The van der Waals surface area contributed by atoms with Crippen molar-refractivity contribution >= 4 is 60.4 Å². The van der Waals surface area contributed by atoms with E-state index in [1.54, 1.807) is 43.0 Å². The minimum absolute atomic E-state index is 0.0307.